The molecule has 0 aromatic carbocycles. The van der Waals surface area contributed by atoms with E-state index in [1.165, 1.54) is 148 Å². The van der Waals surface area contributed by atoms with Crippen molar-refractivity contribution in [2.75, 3.05) is 0 Å². The van der Waals surface area contributed by atoms with Gasteiger partial charge in [-0.1, -0.05) is 161 Å². The monoisotopic (exact) mass is 508 g/mol. The van der Waals surface area contributed by atoms with Crippen molar-refractivity contribution >= 4 is 11.9 Å². The van der Waals surface area contributed by atoms with Crippen LogP contribution < -0.4 is 0 Å². The van der Waals surface area contributed by atoms with Gasteiger partial charge >= 0.3 is 11.9 Å². The number of esters is 1. The Labute approximate surface area is 224 Å². The predicted octanol–water partition coefficient (Wildman–Crippen LogP) is 10.7. The van der Waals surface area contributed by atoms with Gasteiger partial charge in [0.1, 0.15) is 0 Å². The van der Waals surface area contributed by atoms with Gasteiger partial charge < -0.3 is 9.84 Å². The van der Waals surface area contributed by atoms with Gasteiger partial charge in [-0.15, -0.1) is 0 Å². The molecule has 0 rings (SSSR count). The molecule has 1 N–H and O–H groups in total. The molecule has 0 aromatic heterocycles. The second-order valence-electron chi connectivity index (χ2n) is 10.7. The first-order valence-corrected chi connectivity index (χ1v) is 15.7. The summed E-state index contributed by atoms with van der Waals surface area (Å²) in [6.45, 7) is 3.40. The summed E-state index contributed by atoms with van der Waals surface area (Å²) >= 11 is 0. The number of carbonyl (C=O) groups is 2. The summed E-state index contributed by atoms with van der Waals surface area (Å²) < 4.78 is 4.72. The van der Waals surface area contributed by atoms with Crippen molar-refractivity contribution in [1.29, 1.82) is 0 Å². The Hall–Kier alpha value is -1.32. The summed E-state index contributed by atoms with van der Waals surface area (Å²) in [5, 5.41) is 8.61. The van der Waals surface area contributed by atoms with Gasteiger partial charge in [0.25, 0.3) is 0 Å². The molecule has 0 bridgehead atoms. The Morgan fingerprint density at radius 2 is 0.667 bits per heavy atom. The maximum Gasteiger partial charge on any atom is 0.310 e. The normalized spacial score (nSPS) is 11.0. The average molecular weight is 509 g/mol. The van der Waals surface area contributed by atoms with Crippen LogP contribution in [0.25, 0.3) is 0 Å². The fourth-order valence-corrected chi connectivity index (χ4v) is 4.94. The number of ether oxygens (including phenoxy) is 1. The first-order valence-electron chi connectivity index (χ1n) is 15.7. The van der Waals surface area contributed by atoms with Crippen LogP contribution in [0.15, 0.2) is 12.8 Å². The zero-order valence-corrected chi connectivity index (χ0v) is 23.8. The van der Waals surface area contributed by atoms with Crippen LogP contribution in [0, 0.1) is 0 Å². The Balaban J connectivity index is 3.06. The third-order valence-corrected chi connectivity index (χ3v) is 7.24. The minimum absolute atomic E-state index is 0.154. The lowest BCUT2D eigenvalue weighted by Crippen LogP contribution is -1.98. The maximum atomic E-state index is 11.2. The van der Waals surface area contributed by atoms with Crippen molar-refractivity contribution in [2.24, 2.45) is 0 Å². The van der Waals surface area contributed by atoms with Crippen molar-refractivity contribution in [3.8, 4) is 0 Å². The molecule has 212 valence electrons. The quantitative estimate of drug-likeness (QED) is 0.0595. The van der Waals surface area contributed by atoms with Crippen LogP contribution in [0.5, 0.6) is 0 Å². The molecular weight excluding hydrogens is 448 g/mol. The van der Waals surface area contributed by atoms with Crippen LogP contribution in [-0.4, -0.2) is 17.0 Å². The van der Waals surface area contributed by atoms with E-state index in [9.17, 15) is 9.59 Å². The Morgan fingerprint density at radius 1 is 0.444 bits per heavy atom. The smallest absolute Gasteiger partial charge is 0.310 e. The number of carboxylic acid groups (broad SMARTS) is 1. The Morgan fingerprint density at radius 3 is 0.889 bits per heavy atom. The van der Waals surface area contributed by atoms with E-state index >= 15 is 0 Å². The highest BCUT2D eigenvalue weighted by molar-refractivity contribution is 5.69. The van der Waals surface area contributed by atoms with Crippen LogP contribution >= 0.6 is 0 Å². The molecule has 4 heteroatoms. The zero-order chi connectivity index (χ0) is 26.4. The molecule has 0 aliphatic rings. The first kappa shape index (κ1) is 34.7. The van der Waals surface area contributed by atoms with Crippen LogP contribution in [0.1, 0.15) is 180 Å². The summed E-state index contributed by atoms with van der Waals surface area (Å²) in [5.41, 5.74) is 0. The molecule has 0 unspecified atom stereocenters. The van der Waals surface area contributed by atoms with E-state index in [1.54, 1.807) is 0 Å². The summed E-state index contributed by atoms with van der Waals surface area (Å²) in [4.78, 5) is 21.6. The van der Waals surface area contributed by atoms with Crippen molar-refractivity contribution in [3.63, 3.8) is 0 Å². The van der Waals surface area contributed by atoms with Gasteiger partial charge in [0.2, 0.25) is 0 Å². The van der Waals surface area contributed by atoms with Gasteiger partial charge in [0, 0.05) is 12.8 Å². The van der Waals surface area contributed by atoms with E-state index in [4.69, 9.17) is 9.84 Å². The molecule has 0 fully saturated rings. The highest BCUT2D eigenvalue weighted by Crippen LogP contribution is 2.16. The SMILES string of the molecule is C=COC(=O)CCCCCCCCCCCCCCCCCCCCCCCCCCCCC(=O)O. The van der Waals surface area contributed by atoms with Crippen molar-refractivity contribution in [1.82, 2.24) is 0 Å². The van der Waals surface area contributed by atoms with E-state index in [2.05, 4.69) is 6.58 Å². The van der Waals surface area contributed by atoms with Gasteiger partial charge in [-0.25, -0.2) is 0 Å². The Bertz CT molecular complexity index is 489. The number of aliphatic carboxylic acids is 1. The molecule has 0 spiro atoms. The maximum absolute atomic E-state index is 11.2. The molecule has 36 heavy (non-hydrogen) atoms. The molecule has 0 aliphatic carbocycles. The lowest BCUT2D eigenvalue weighted by molar-refractivity contribution is -0.138. The fraction of sp³-hybridized carbons (Fsp3) is 0.875. The van der Waals surface area contributed by atoms with Gasteiger partial charge in [-0.3, -0.25) is 9.59 Å². The summed E-state index contributed by atoms with van der Waals surface area (Å²) in [7, 11) is 0. The van der Waals surface area contributed by atoms with Crippen molar-refractivity contribution in [2.45, 2.75) is 180 Å². The van der Waals surface area contributed by atoms with Crippen LogP contribution in [0.4, 0.5) is 0 Å². The van der Waals surface area contributed by atoms with Crippen molar-refractivity contribution < 1.29 is 19.4 Å². The largest absolute Gasteiger partial charge is 0.481 e. The zero-order valence-electron chi connectivity index (χ0n) is 23.8. The molecule has 0 heterocycles. The van der Waals surface area contributed by atoms with E-state index in [0.29, 0.717) is 12.8 Å². The summed E-state index contributed by atoms with van der Waals surface area (Å²) in [6, 6.07) is 0. The van der Waals surface area contributed by atoms with Crippen LogP contribution in [-0.2, 0) is 14.3 Å². The number of carboxylic acids is 1. The van der Waals surface area contributed by atoms with Gasteiger partial charge in [-0.05, 0) is 12.8 Å². The number of rotatable bonds is 30. The van der Waals surface area contributed by atoms with E-state index in [1.807, 2.05) is 0 Å². The van der Waals surface area contributed by atoms with Gasteiger partial charge in [0.15, 0.2) is 0 Å². The molecule has 0 amide bonds. The molecule has 0 aromatic rings. The van der Waals surface area contributed by atoms with Crippen molar-refractivity contribution in [3.05, 3.63) is 12.8 Å². The first-order chi connectivity index (χ1) is 17.7. The predicted molar refractivity (Wildman–Crippen MR) is 153 cm³/mol. The summed E-state index contributed by atoms with van der Waals surface area (Å²) in [6.07, 6.45) is 36.3. The average Bonchev–Trinajstić information content (AvgIpc) is 2.85. The second kappa shape index (κ2) is 29.9. The van der Waals surface area contributed by atoms with E-state index in [0.717, 1.165) is 25.7 Å². The van der Waals surface area contributed by atoms with E-state index < -0.39 is 5.97 Å². The number of unbranched alkanes of at least 4 members (excludes halogenated alkanes) is 25. The molecule has 4 nitrogen and oxygen atoms in total. The standard InChI is InChI=1S/C32H60O4/c1-2-36-32(35)30-28-26-24-22-20-18-16-14-12-10-8-6-4-3-5-7-9-11-13-15-17-19-21-23-25-27-29-31(33)34/h2H,1,3-30H2,(H,33,34). The topological polar surface area (TPSA) is 63.6 Å². The van der Waals surface area contributed by atoms with Gasteiger partial charge in [-0.2, -0.15) is 0 Å². The number of hydrogen-bond acceptors (Lipinski definition) is 3. The van der Waals surface area contributed by atoms with E-state index in [-0.39, 0.29) is 5.97 Å². The molecule has 0 radical (unpaired) electrons. The number of hydrogen-bond donors (Lipinski definition) is 1. The fourth-order valence-electron chi connectivity index (χ4n) is 4.94. The third kappa shape index (κ3) is 30.7. The lowest BCUT2D eigenvalue weighted by Gasteiger charge is -2.04. The van der Waals surface area contributed by atoms with Gasteiger partial charge in [0.05, 0.1) is 6.26 Å². The third-order valence-electron chi connectivity index (χ3n) is 7.24. The minimum atomic E-state index is -0.657. The molecule has 0 aliphatic heterocycles. The highest BCUT2D eigenvalue weighted by Gasteiger charge is 2.00. The Kier molecular flexibility index (Phi) is 28.8. The van der Waals surface area contributed by atoms with Crippen LogP contribution in [0.3, 0.4) is 0 Å². The molecule has 0 saturated heterocycles. The molecule has 0 atom stereocenters. The summed E-state index contributed by atoms with van der Waals surface area (Å²) in [5.74, 6) is -0.811. The molecule has 0 saturated carbocycles. The van der Waals surface area contributed by atoms with Crippen LogP contribution in [0.2, 0.25) is 0 Å². The number of carbonyl (C=O) groups excluding carboxylic acids is 1. The molecular formula is C32H60O4. The minimum Gasteiger partial charge on any atom is -0.481 e. The highest BCUT2D eigenvalue weighted by atomic mass is 16.5. The lowest BCUT2D eigenvalue weighted by atomic mass is 10.0. The second-order valence-corrected chi connectivity index (χ2v) is 10.7.